The van der Waals surface area contributed by atoms with Crippen LogP contribution in [0.1, 0.15) is 46.6 Å². The van der Waals surface area contributed by atoms with Crippen molar-refractivity contribution in [3.05, 3.63) is 89.4 Å². The van der Waals surface area contributed by atoms with E-state index in [1.54, 1.807) is 6.20 Å². The first-order chi connectivity index (χ1) is 17.7. The van der Waals surface area contributed by atoms with Crippen LogP contribution in [0.25, 0.3) is 5.70 Å². The highest BCUT2D eigenvalue weighted by molar-refractivity contribution is 6.06. The molecule has 1 aliphatic heterocycles. The standard InChI is InChI=1S/C29H33N7/c1-19(21-8-9-33-27(16-21)35-24-14-22-4-2-3-5-23(22)15-24)34-29(36-12-10-31-11-13-36)28-25(20-6-7-20)17-32-18-26(28)30/h2-5,8-9,16-18,20,24,31H,1,6-7,10-15,30H2,(H,33,35). The minimum atomic E-state index is 0.344. The number of rotatable bonds is 6. The molecule has 0 atom stereocenters. The van der Waals surface area contributed by atoms with Crippen LogP contribution < -0.4 is 16.4 Å². The Kier molecular flexibility index (Phi) is 6.15. The second-order valence-electron chi connectivity index (χ2n) is 10.0. The third-order valence-electron chi connectivity index (χ3n) is 7.40. The van der Waals surface area contributed by atoms with E-state index < -0.39 is 0 Å². The predicted octanol–water partition coefficient (Wildman–Crippen LogP) is 3.84. The van der Waals surface area contributed by atoms with Gasteiger partial charge in [0.2, 0.25) is 0 Å². The number of piperazine rings is 1. The molecule has 7 nitrogen and oxygen atoms in total. The zero-order valence-corrected chi connectivity index (χ0v) is 20.6. The summed E-state index contributed by atoms with van der Waals surface area (Å²) in [6.07, 6.45) is 9.94. The van der Waals surface area contributed by atoms with Crippen molar-refractivity contribution in [2.24, 2.45) is 4.99 Å². The van der Waals surface area contributed by atoms with Crippen molar-refractivity contribution in [3.8, 4) is 0 Å². The summed E-state index contributed by atoms with van der Waals surface area (Å²) >= 11 is 0. The monoisotopic (exact) mass is 479 g/mol. The summed E-state index contributed by atoms with van der Waals surface area (Å²) in [4.78, 5) is 16.4. The highest BCUT2D eigenvalue weighted by atomic mass is 15.2. The van der Waals surface area contributed by atoms with E-state index in [9.17, 15) is 0 Å². The van der Waals surface area contributed by atoms with Crippen LogP contribution in [0.3, 0.4) is 0 Å². The number of nitrogens with zero attached hydrogens (tertiary/aromatic N) is 4. The van der Waals surface area contributed by atoms with Gasteiger partial charge in [0.15, 0.2) is 0 Å². The molecule has 3 heterocycles. The third-order valence-corrected chi connectivity index (χ3v) is 7.40. The largest absolute Gasteiger partial charge is 0.397 e. The second kappa shape index (κ2) is 9.74. The Morgan fingerprint density at radius 1 is 1.08 bits per heavy atom. The Bertz CT molecular complexity index is 1280. The lowest BCUT2D eigenvalue weighted by Gasteiger charge is -2.32. The van der Waals surface area contributed by atoms with Crippen molar-refractivity contribution in [1.29, 1.82) is 0 Å². The van der Waals surface area contributed by atoms with Crippen LogP contribution in [0.5, 0.6) is 0 Å². The number of nitrogen functional groups attached to an aromatic ring is 1. The van der Waals surface area contributed by atoms with Crippen molar-refractivity contribution >= 4 is 23.0 Å². The zero-order chi connectivity index (χ0) is 24.5. The molecule has 3 aliphatic rings. The molecular formula is C29H33N7. The maximum Gasteiger partial charge on any atom is 0.139 e. The van der Waals surface area contributed by atoms with Gasteiger partial charge >= 0.3 is 0 Å². The number of benzene rings is 1. The number of aromatic nitrogens is 2. The Morgan fingerprint density at radius 3 is 2.56 bits per heavy atom. The van der Waals surface area contributed by atoms with E-state index in [4.69, 9.17) is 10.7 Å². The SMILES string of the molecule is C=C(N=C(c1c(N)cncc1C1CC1)N1CCNCC1)c1ccnc(NC2Cc3ccccc3C2)c1. The number of pyridine rings is 2. The first-order valence-corrected chi connectivity index (χ1v) is 12.9. The summed E-state index contributed by atoms with van der Waals surface area (Å²) in [7, 11) is 0. The fraction of sp³-hybridized carbons (Fsp3) is 0.345. The van der Waals surface area contributed by atoms with Gasteiger partial charge in [-0.05, 0) is 60.4 Å². The van der Waals surface area contributed by atoms with Crippen LogP contribution in [0.2, 0.25) is 0 Å². The maximum absolute atomic E-state index is 6.53. The summed E-state index contributed by atoms with van der Waals surface area (Å²) in [6, 6.07) is 13.0. The van der Waals surface area contributed by atoms with Crippen molar-refractivity contribution in [2.45, 2.75) is 37.6 Å². The van der Waals surface area contributed by atoms with Gasteiger partial charge in [0.25, 0.3) is 0 Å². The van der Waals surface area contributed by atoms with Crippen molar-refractivity contribution in [1.82, 2.24) is 20.2 Å². The average Bonchev–Trinajstić information content (AvgIpc) is 3.67. The van der Waals surface area contributed by atoms with E-state index in [0.29, 0.717) is 23.3 Å². The molecule has 2 aliphatic carbocycles. The number of aliphatic imine (C=N–C) groups is 1. The van der Waals surface area contributed by atoms with Crippen molar-refractivity contribution < 1.29 is 0 Å². The molecule has 0 bridgehead atoms. The van der Waals surface area contributed by atoms with E-state index in [1.807, 2.05) is 18.5 Å². The zero-order valence-electron chi connectivity index (χ0n) is 20.6. The summed E-state index contributed by atoms with van der Waals surface area (Å²) in [5, 5.41) is 7.06. The number of hydrogen-bond donors (Lipinski definition) is 3. The van der Waals surface area contributed by atoms with Crippen LogP contribution in [0.4, 0.5) is 11.5 Å². The molecular weight excluding hydrogens is 446 g/mol. The van der Waals surface area contributed by atoms with E-state index in [1.165, 1.54) is 29.5 Å². The van der Waals surface area contributed by atoms with Crippen LogP contribution in [0.15, 0.2) is 66.6 Å². The Hall–Kier alpha value is -3.71. The van der Waals surface area contributed by atoms with E-state index in [0.717, 1.165) is 61.8 Å². The smallest absolute Gasteiger partial charge is 0.139 e. The highest BCUT2D eigenvalue weighted by Crippen LogP contribution is 2.43. The van der Waals surface area contributed by atoms with Gasteiger partial charge in [0.05, 0.1) is 17.6 Å². The second-order valence-corrected chi connectivity index (χ2v) is 10.0. The molecule has 1 saturated heterocycles. The Labute approximate surface area is 212 Å². The van der Waals surface area contributed by atoms with Crippen molar-refractivity contribution in [2.75, 3.05) is 37.2 Å². The molecule has 36 heavy (non-hydrogen) atoms. The molecule has 1 aromatic carbocycles. The van der Waals surface area contributed by atoms with Gasteiger partial charge in [-0.15, -0.1) is 0 Å². The quantitative estimate of drug-likeness (QED) is 0.368. The van der Waals surface area contributed by atoms with E-state index in [2.05, 4.69) is 62.4 Å². The van der Waals surface area contributed by atoms with Gasteiger partial charge in [0, 0.05) is 55.7 Å². The molecule has 184 valence electrons. The number of fused-ring (bicyclic) bond motifs is 1. The summed E-state index contributed by atoms with van der Waals surface area (Å²) in [5.74, 6) is 2.28. The molecule has 2 fully saturated rings. The topological polar surface area (TPSA) is 91.5 Å². The van der Waals surface area contributed by atoms with Gasteiger partial charge in [-0.1, -0.05) is 30.8 Å². The lowest BCUT2D eigenvalue weighted by molar-refractivity contribution is 0.358. The molecule has 0 amide bonds. The molecule has 1 saturated carbocycles. The summed E-state index contributed by atoms with van der Waals surface area (Å²) < 4.78 is 0. The van der Waals surface area contributed by atoms with E-state index in [-0.39, 0.29) is 0 Å². The molecule has 0 spiro atoms. The van der Waals surface area contributed by atoms with E-state index >= 15 is 0 Å². The molecule has 0 radical (unpaired) electrons. The minimum Gasteiger partial charge on any atom is -0.397 e. The highest BCUT2D eigenvalue weighted by Gasteiger charge is 2.31. The van der Waals surface area contributed by atoms with Gasteiger partial charge in [-0.2, -0.15) is 0 Å². The summed E-state index contributed by atoms with van der Waals surface area (Å²) in [6.45, 7) is 7.96. The fourth-order valence-electron chi connectivity index (χ4n) is 5.37. The Morgan fingerprint density at radius 2 is 1.83 bits per heavy atom. The lowest BCUT2D eigenvalue weighted by atomic mass is 10.0. The van der Waals surface area contributed by atoms with Gasteiger partial charge in [-0.3, -0.25) is 4.98 Å². The summed E-state index contributed by atoms with van der Waals surface area (Å²) in [5.41, 5.74) is 13.9. The average molecular weight is 480 g/mol. The number of nitrogens with two attached hydrogens (primary N) is 1. The predicted molar refractivity (Wildman–Crippen MR) is 146 cm³/mol. The van der Waals surface area contributed by atoms with Crippen LogP contribution >= 0.6 is 0 Å². The lowest BCUT2D eigenvalue weighted by Crippen LogP contribution is -2.47. The number of amidine groups is 1. The molecule has 7 heteroatoms. The van der Waals surface area contributed by atoms with Crippen molar-refractivity contribution in [3.63, 3.8) is 0 Å². The molecule has 6 rings (SSSR count). The molecule has 4 N–H and O–H groups in total. The first kappa shape index (κ1) is 22.7. The maximum atomic E-state index is 6.53. The first-order valence-electron chi connectivity index (χ1n) is 12.9. The normalized spacial score (nSPS) is 18.2. The molecule has 2 aromatic heterocycles. The van der Waals surface area contributed by atoms with Crippen LogP contribution in [-0.4, -0.2) is 52.9 Å². The number of nitrogens with one attached hydrogen (secondary N) is 2. The number of hydrogen-bond acceptors (Lipinski definition) is 6. The fourth-order valence-corrected chi connectivity index (χ4v) is 5.37. The van der Waals surface area contributed by atoms with Crippen LogP contribution in [0, 0.1) is 0 Å². The van der Waals surface area contributed by atoms with Crippen LogP contribution in [-0.2, 0) is 12.8 Å². The number of anilines is 2. The molecule has 3 aromatic rings. The third kappa shape index (κ3) is 4.71. The van der Waals surface area contributed by atoms with Gasteiger partial charge in [-0.25, -0.2) is 9.98 Å². The van der Waals surface area contributed by atoms with Gasteiger partial charge < -0.3 is 21.3 Å². The molecule has 0 unspecified atom stereocenters. The van der Waals surface area contributed by atoms with Gasteiger partial charge in [0.1, 0.15) is 11.7 Å². The Balaban J connectivity index is 1.29. The minimum absolute atomic E-state index is 0.344.